The minimum atomic E-state index is -0.534. The molecule has 0 saturated carbocycles. The van der Waals surface area contributed by atoms with Crippen LogP contribution in [-0.2, 0) is 0 Å². The molecule has 2 heterocycles. The normalized spacial score (nSPS) is 20.2. The van der Waals surface area contributed by atoms with E-state index in [0.29, 0.717) is 28.2 Å². The fourth-order valence-corrected chi connectivity index (χ4v) is 3.24. The summed E-state index contributed by atoms with van der Waals surface area (Å²) in [5, 5.41) is 19.7. The van der Waals surface area contributed by atoms with Gasteiger partial charge >= 0.3 is 0 Å². The first-order valence-electron chi connectivity index (χ1n) is 8.10. The number of ketones is 1. The first-order chi connectivity index (χ1) is 11.9. The Morgan fingerprint density at radius 1 is 1.16 bits per heavy atom. The van der Waals surface area contributed by atoms with E-state index in [1.54, 1.807) is 18.2 Å². The van der Waals surface area contributed by atoms with Gasteiger partial charge in [0.25, 0.3) is 0 Å². The molecule has 1 unspecified atom stereocenters. The van der Waals surface area contributed by atoms with Gasteiger partial charge in [-0.25, -0.2) is 0 Å². The van der Waals surface area contributed by atoms with E-state index in [1.165, 1.54) is 12.1 Å². The van der Waals surface area contributed by atoms with Crippen LogP contribution in [0, 0.1) is 0 Å². The molecule has 0 amide bonds. The van der Waals surface area contributed by atoms with Crippen LogP contribution in [0.15, 0.2) is 36.4 Å². The van der Waals surface area contributed by atoms with Crippen molar-refractivity contribution in [2.24, 2.45) is 0 Å². The Labute approximate surface area is 145 Å². The molecular formula is C20H18O5. The zero-order chi connectivity index (χ0) is 17.8. The highest BCUT2D eigenvalue weighted by Crippen LogP contribution is 2.44. The van der Waals surface area contributed by atoms with Crippen molar-refractivity contribution in [2.45, 2.75) is 25.4 Å². The van der Waals surface area contributed by atoms with Crippen LogP contribution in [0.5, 0.6) is 23.0 Å². The fraction of sp³-hybridized carbons (Fsp3) is 0.250. The molecule has 0 spiro atoms. The highest BCUT2D eigenvalue weighted by atomic mass is 16.5. The Balaban J connectivity index is 1.81. The third-order valence-corrected chi connectivity index (χ3v) is 4.55. The van der Waals surface area contributed by atoms with E-state index in [-0.39, 0.29) is 23.9 Å². The maximum atomic E-state index is 13.0. The van der Waals surface area contributed by atoms with Crippen molar-refractivity contribution in [3.63, 3.8) is 0 Å². The van der Waals surface area contributed by atoms with Crippen LogP contribution in [0.2, 0.25) is 0 Å². The van der Waals surface area contributed by atoms with Gasteiger partial charge in [0.1, 0.15) is 35.2 Å². The summed E-state index contributed by atoms with van der Waals surface area (Å²) in [6.07, 6.45) is 3.69. The second-order valence-electron chi connectivity index (χ2n) is 6.86. The molecular weight excluding hydrogens is 320 g/mol. The van der Waals surface area contributed by atoms with Gasteiger partial charge in [0, 0.05) is 11.6 Å². The first kappa shape index (κ1) is 15.6. The minimum Gasteiger partial charge on any atom is -0.508 e. The van der Waals surface area contributed by atoms with Crippen LogP contribution in [-0.4, -0.2) is 28.2 Å². The Hall–Kier alpha value is -2.95. The van der Waals surface area contributed by atoms with Gasteiger partial charge in [0.2, 0.25) is 0 Å². The fourth-order valence-electron chi connectivity index (χ4n) is 3.24. The molecule has 0 saturated heterocycles. The van der Waals surface area contributed by atoms with E-state index >= 15 is 0 Å². The molecule has 2 aromatic rings. The van der Waals surface area contributed by atoms with Gasteiger partial charge in [-0.3, -0.25) is 4.79 Å². The molecule has 0 aliphatic carbocycles. The maximum absolute atomic E-state index is 13.0. The number of hydrogen-bond acceptors (Lipinski definition) is 5. The van der Waals surface area contributed by atoms with Crippen molar-refractivity contribution in [2.75, 3.05) is 6.61 Å². The number of benzene rings is 2. The van der Waals surface area contributed by atoms with Gasteiger partial charge in [0.15, 0.2) is 5.78 Å². The number of carbonyl (C=O) groups excluding carboxylic acids is 1. The number of Topliss-reactive ketones (excluding diaryl/α,β-unsaturated/α-hetero) is 1. The summed E-state index contributed by atoms with van der Waals surface area (Å²) in [5.41, 5.74) is 1.16. The summed E-state index contributed by atoms with van der Waals surface area (Å²) >= 11 is 0. The lowest BCUT2D eigenvalue weighted by Gasteiger charge is -2.32. The van der Waals surface area contributed by atoms with E-state index in [0.717, 1.165) is 0 Å². The van der Waals surface area contributed by atoms with Crippen molar-refractivity contribution in [1.29, 1.82) is 0 Å². The predicted octanol–water partition coefficient (Wildman–Crippen LogP) is 3.64. The highest BCUT2D eigenvalue weighted by Gasteiger charge is 2.35. The Kier molecular flexibility index (Phi) is 3.29. The molecule has 0 aromatic heterocycles. The number of phenols is 2. The summed E-state index contributed by atoms with van der Waals surface area (Å²) in [7, 11) is 0. The van der Waals surface area contributed by atoms with Crippen molar-refractivity contribution in [3.05, 3.63) is 53.1 Å². The van der Waals surface area contributed by atoms with Crippen LogP contribution < -0.4 is 9.47 Å². The van der Waals surface area contributed by atoms with Gasteiger partial charge in [0.05, 0.1) is 17.0 Å². The van der Waals surface area contributed by atoms with Gasteiger partial charge in [-0.2, -0.15) is 0 Å². The number of phenolic OH excluding ortho intramolecular Hbond substituents is 2. The van der Waals surface area contributed by atoms with E-state index in [4.69, 9.17) is 9.47 Å². The van der Waals surface area contributed by atoms with Gasteiger partial charge in [-0.05, 0) is 44.2 Å². The van der Waals surface area contributed by atoms with Crippen molar-refractivity contribution < 1.29 is 24.5 Å². The second-order valence-corrected chi connectivity index (χ2v) is 6.86. The van der Waals surface area contributed by atoms with Crippen LogP contribution in [0.3, 0.4) is 0 Å². The Bertz CT molecular complexity index is 911. The number of fused-ring (bicyclic) bond motifs is 2. The number of rotatable bonds is 1. The molecule has 5 heteroatoms. The lowest BCUT2D eigenvalue weighted by Crippen LogP contribution is -2.31. The largest absolute Gasteiger partial charge is 0.508 e. The molecule has 0 bridgehead atoms. The molecule has 128 valence electrons. The molecule has 0 fully saturated rings. The number of aromatic hydroxyl groups is 2. The van der Waals surface area contributed by atoms with Crippen molar-refractivity contribution >= 4 is 11.9 Å². The quantitative estimate of drug-likeness (QED) is 0.830. The van der Waals surface area contributed by atoms with Crippen LogP contribution in [0.4, 0.5) is 0 Å². The molecule has 25 heavy (non-hydrogen) atoms. The average molecular weight is 338 g/mol. The summed E-state index contributed by atoms with van der Waals surface area (Å²) in [5.74, 6) is 0.438. The molecule has 2 aromatic carbocycles. The van der Waals surface area contributed by atoms with Crippen LogP contribution in [0.1, 0.15) is 41.3 Å². The zero-order valence-corrected chi connectivity index (χ0v) is 13.9. The molecule has 2 aliphatic heterocycles. The summed E-state index contributed by atoms with van der Waals surface area (Å²) < 4.78 is 11.7. The van der Waals surface area contributed by atoms with Crippen LogP contribution >= 0.6 is 0 Å². The summed E-state index contributed by atoms with van der Waals surface area (Å²) in [4.78, 5) is 13.0. The van der Waals surface area contributed by atoms with Gasteiger partial charge in [-0.15, -0.1) is 0 Å². The van der Waals surface area contributed by atoms with Gasteiger partial charge < -0.3 is 19.7 Å². The van der Waals surface area contributed by atoms with Crippen LogP contribution in [0.25, 0.3) is 6.08 Å². The third-order valence-electron chi connectivity index (χ3n) is 4.55. The monoisotopic (exact) mass is 338 g/mol. The predicted molar refractivity (Wildman–Crippen MR) is 92.5 cm³/mol. The smallest absolute Gasteiger partial charge is 0.177 e. The summed E-state index contributed by atoms with van der Waals surface area (Å²) in [6, 6.07) is 7.76. The average Bonchev–Trinajstić information content (AvgIpc) is 2.55. The van der Waals surface area contributed by atoms with E-state index in [1.807, 2.05) is 26.0 Å². The third kappa shape index (κ3) is 2.52. The minimum absolute atomic E-state index is 0.0576. The highest BCUT2D eigenvalue weighted by molar-refractivity contribution is 6.05. The lowest BCUT2D eigenvalue weighted by molar-refractivity contribution is 0.0886. The Morgan fingerprint density at radius 3 is 2.76 bits per heavy atom. The lowest BCUT2D eigenvalue weighted by atomic mass is 9.86. The molecule has 4 rings (SSSR count). The van der Waals surface area contributed by atoms with E-state index in [2.05, 4.69) is 0 Å². The standard InChI is InChI=1S/C20H18O5/c1-20(2)8-7-13-16(22)6-5-12(19(13)25-20)15-10-24-17-9-11(21)3-4-14(17)18(15)23/h3-9,15,21-22H,10H2,1-2H3. The second kappa shape index (κ2) is 5.28. The molecule has 0 radical (unpaired) electrons. The molecule has 5 nitrogen and oxygen atoms in total. The van der Waals surface area contributed by atoms with E-state index < -0.39 is 11.5 Å². The number of carbonyl (C=O) groups is 1. The first-order valence-corrected chi connectivity index (χ1v) is 8.10. The number of ether oxygens (including phenoxy) is 2. The SMILES string of the molecule is CC1(C)C=Cc2c(O)ccc(C3COc4cc(O)ccc4C3=O)c2O1. The topological polar surface area (TPSA) is 76.0 Å². The summed E-state index contributed by atoms with van der Waals surface area (Å²) in [6.45, 7) is 3.98. The number of hydrogen-bond donors (Lipinski definition) is 2. The van der Waals surface area contributed by atoms with E-state index in [9.17, 15) is 15.0 Å². The van der Waals surface area contributed by atoms with Crippen molar-refractivity contribution in [1.82, 2.24) is 0 Å². The molecule has 1 atom stereocenters. The maximum Gasteiger partial charge on any atom is 0.177 e. The zero-order valence-electron chi connectivity index (χ0n) is 13.9. The van der Waals surface area contributed by atoms with Crippen molar-refractivity contribution in [3.8, 4) is 23.0 Å². The Morgan fingerprint density at radius 2 is 1.96 bits per heavy atom. The van der Waals surface area contributed by atoms with Gasteiger partial charge in [-0.1, -0.05) is 6.07 Å². The molecule has 2 aliphatic rings. The molecule has 2 N–H and O–H groups in total.